The fraction of sp³-hybridized carbons (Fsp3) is 0.250. The van der Waals surface area contributed by atoms with Gasteiger partial charge in [-0.3, -0.25) is 14.7 Å². The predicted molar refractivity (Wildman–Crippen MR) is 108 cm³/mol. The molecule has 3 aromatic rings. The molecule has 27 heavy (non-hydrogen) atoms. The van der Waals surface area contributed by atoms with Crippen LogP contribution in [0.15, 0.2) is 54.0 Å². The van der Waals surface area contributed by atoms with E-state index < -0.39 is 0 Å². The zero-order valence-electron chi connectivity index (χ0n) is 15.1. The van der Waals surface area contributed by atoms with Gasteiger partial charge in [-0.05, 0) is 36.8 Å². The smallest absolute Gasteiger partial charge is 0.254 e. The molecule has 0 atom stereocenters. The lowest BCUT2D eigenvalue weighted by atomic mass is 10.0. The quantitative estimate of drug-likeness (QED) is 0.728. The molecule has 0 unspecified atom stereocenters. The number of nitrogens with one attached hydrogen (secondary N) is 1. The third kappa shape index (κ3) is 3.99. The average molecular weight is 379 g/mol. The van der Waals surface area contributed by atoms with Gasteiger partial charge in [0.2, 0.25) is 0 Å². The van der Waals surface area contributed by atoms with Crippen LogP contribution in [-0.4, -0.2) is 33.9 Å². The number of pyridine rings is 1. The minimum absolute atomic E-state index is 0.135. The first-order chi connectivity index (χ1) is 13.1. The summed E-state index contributed by atoms with van der Waals surface area (Å²) in [6, 6.07) is 9.74. The van der Waals surface area contributed by atoms with E-state index in [9.17, 15) is 4.79 Å². The molecule has 1 aliphatic rings. The average Bonchev–Trinajstić information content (AvgIpc) is 3.03. The molecule has 0 spiro atoms. The van der Waals surface area contributed by atoms with Crippen molar-refractivity contribution in [3.63, 3.8) is 0 Å². The van der Waals surface area contributed by atoms with Gasteiger partial charge in [0.1, 0.15) is 0 Å². The molecule has 3 heterocycles. The highest BCUT2D eigenvalue weighted by molar-refractivity contribution is 7.18. The number of benzene rings is 1. The minimum atomic E-state index is -0.135. The maximum absolute atomic E-state index is 12.8. The van der Waals surface area contributed by atoms with Gasteiger partial charge >= 0.3 is 0 Å². The lowest BCUT2D eigenvalue weighted by molar-refractivity contribution is -0.113. The zero-order chi connectivity index (χ0) is 18.8. The molecule has 1 aromatic carbocycles. The van der Waals surface area contributed by atoms with Crippen LogP contribution in [0.1, 0.15) is 17.0 Å². The summed E-state index contributed by atoms with van der Waals surface area (Å²) in [4.78, 5) is 23.6. The first kappa shape index (κ1) is 17.6. The number of aryl methyl sites for hydroxylation is 1. The maximum atomic E-state index is 12.8. The number of anilines is 1. The lowest BCUT2D eigenvalue weighted by Crippen LogP contribution is -2.37. The molecule has 1 aliphatic heterocycles. The van der Waals surface area contributed by atoms with Gasteiger partial charge in [-0.25, -0.2) is 4.98 Å². The van der Waals surface area contributed by atoms with E-state index in [0.717, 1.165) is 39.6 Å². The van der Waals surface area contributed by atoms with Crippen LogP contribution in [0.5, 0.6) is 0 Å². The van der Waals surface area contributed by atoms with Crippen molar-refractivity contribution >= 4 is 33.1 Å². The van der Waals surface area contributed by atoms with Gasteiger partial charge in [-0.2, -0.15) is 0 Å². The van der Waals surface area contributed by atoms with Gasteiger partial charge in [0.15, 0.2) is 0 Å². The number of aromatic nitrogens is 2. The summed E-state index contributed by atoms with van der Waals surface area (Å²) < 4.78 is 1.06. The number of hydrogen-bond donors (Lipinski definition) is 2. The van der Waals surface area contributed by atoms with Crippen molar-refractivity contribution in [3.8, 4) is 0 Å². The Morgan fingerprint density at radius 2 is 2.26 bits per heavy atom. The Balaban J connectivity index is 1.47. The molecule has 138 valence electrons. The van der Waals surface area contributed by atoms with Gasteiger partial charge < -0.3 is 11.1 Å². The highest BCUT2D eigenvalue weighted by atomic mass is 32.1. The molecule has 0 saturated carbocycles. The number of hydrogen-bond acceptors (Lipinski definition) is 6. The Morgan fingerprint density at radius 1 is 1.37 bits per heavy atom. The van der Waals surface area contributed by atoms with Crippen molar-refractivity contribution in [2.24, 2.45) is 5.73 Å². The minimum Gasteiger partial charge on any atom is -0.402 e. The van der Waals surface area contributed by atoms with Crippen LogP contribution < -0.4 is 11.1 Å². The van der Waals surface area contributed by atoms with Crippen LogP contribution in [0, 0.1) is 6.92 Å². The molecule has 0 aliphatic carbocycles. The molecule has 6 nitrogen and oxygen atoms in total. The van der Waals surface area contributed by atoms with Crippen molar-refractivity contribution in [1.29, 1.82) is 0 Å². The fourth-order valence-corrected chi connectivity index (χ4v) is 4.13. The van der Waals surface area contributed by atoms with E-state index in [1.165, 1.54) is 0 Å². The lowest BCUT2D eigenvalue weighted by Gasteiger charge is -2.29. The zero-order valence-corrected chi connectivity index (χ0v) is 15.9. The third-order valence-corrected chi connectivity index (χ3v) is 5.56. The van der Waals surface area contributed by atoms with Gasteiger partial charge in [0.25, 0.3) is 5.91 Å². The Morgan fingerprint density at radius 3 is 3.07 bits per heavy atom. The van der Waals surface area contributed by atoms with E-state index in [4.69, 9.17) is 5.73 Å². The topological polar surface area (TPSA) is 84.1 Å². The van der Waals surface area contributed by atoms with E-state index in [1.807, 2.05) is 43.5 Å². The van der Waals surface area contributed by atoms with E-state index in [0.29, 0.717) is 24.2 Å². The van der Waals surface area contributed by atoms with Crippen LogP contribution in [0.3, 0.4) is 0 Å². The molecule has 4 rings (SSSR count). The standard InChI is InChI=1S/C20H21N5OS/c1-13-23-18-5-4-15(9-19(18)27-13)24-20(26)16-12-25(8-6-17(16)21)11-14-3-2-7-22-10-14/h2-5,7,9-10H,6,8,11-12,21H2,1H3,(H,24,26). The summed E-state index contributed by atoms with van der Waals surface area (Å²) in [6.07, 6.45) is 4.31. The summed E-state index contributed by atoms with van der Waals surface area (Å²) in [6.45, 7) is 4.11. The largest absolute Gasteiger partial charge is 0.402 e. The van der Waals surface area contributed by atoms with Crippen molar-refractivity contribution in [2.45, 2.75) is 19.9 Å². The molecule has 7 heteroatoms. The number of carbonyl (C=O) groups excluding carboxylic acids is 1. The first-order valence-electron chi connectivity index (χ1n) is 8.86. The van der Waals surface area contributed by atoms with Crippen LogP contribution >= 0.6 is 11.3 Å². The summed E-state index contributed by atoms with van der Waals surface area (Å²) in [7, 11) is 0. The summed E-state index contributed by atoms with van der Waals surface area (Å²) in [5.41, 5.74) is 10.3. The summed E-state index contributed by atoms with van der Waals surface area (Å²) in [5, 5.41) is 4.00. The van der Waals surface area contributed by atoms with Gasteiger partial charge in [0.05, 0.1) is 20.8 Å². The Kier molecular flexibility index (Phi) is 4.87. The second-order valence-corrected chi connectivity index (χ2v) is 7.93. The molecule has 0 fully saturated rings. The van der Waals surface area contributed by atoms with E-state index in [2.05, 4.69) is 20.2 Å². The number of fused-ring (bicyclic) bond motifs is 1. The molecular weight excluding hydrogens is 358 g/mol. The molecule has 1 amide bonds. The van der Waals surface area contributed by atoms with Gasteiger partial charge in [0, 0.05) is 49.8 Å². The van der Waals surface area contributed by atoms with Crippen LogP contribution in [0.4, 0.5) is 5.69 Å². The predicted octanol–water partition coefficient (Wildman–Crippen LogP) is 3.06. The molecular formula is C20H21N5OS. The van der Waals surface area contributed by atoms with Crippen molar-refractivity contribution in [1.82, 2.24) is 14.9 Å². The molecule has 0 bridgehead atoms. The Hall–Kier alpha value is -2.77. The Labute approximate surface area is 161 Å². The fourth-order valence-electron chi connectivity index (χ4n) is 3.26. The van der Waals surface area contributed by atoms with E-state index in [-0.39, 0.29) is 5.91 Å². The molecule has 2 aromatic heterocycles. The second-order valence-electron chi connectivity index (χ2n) is 6.70. The molecule has 0 radical (unpaired) electrons. The number of amides is 1. The molecule has 0 saturated heterocycles. The first-order valence-corrected chi connectivity index (χ1v) is 9.67. The highest BCUT2D eigenvalue weighted by Gasteiger charge is 2.23. The summed E-state index contributed by atoms with van der Waals surface area (Å²) >= 11 is 1.62. The van der Waals surface area contributed by atoms with Crippen molar-refractivity contribution in [2.75, 3.05) is 18.4 Å². The number of nitrogens with two attached hydrogens (primary N) is 1. The van der Waals surface area contributed by atoms with Crippen molar-refractivity contribution < 1.29 is 4.79 Å². The highest BCUT2D eigenvalue weighted by Crippen LogP contribution is 2.25. The normalized spacial score (nSPS) is 15.3. The number of rotatable bonds is 4. The third-order valence-electron chi connectivity index (χ3n) is 4.62. The van der Waals surface area contributed by atoms with Crippen molar-refractivity contribution in [3.05, 3.63) is 64.6 Å². The summed E-state index contributed by atoms with van der Waals surface area (Å²) in [5.74, 6) is -0.135. The van der Waals surface area contributed by atoms with Crippen LogP contribution in [-0.2, 0) is 11.3 Å². The Bertz CT molecular complexity index is 1010. The molecule has 3 N–H and O–H groups in total. The maximum Gasteiger partial charge on any atom is 0.254 e. The number of carbonyl (C=O) groups is 1. The number of nitrogens with zero attached hydrogens (tertiary/aromatic N) is 3. The van der Waals surface area contributed by atoms with E-state index in [1.54, 1.807) is 17.5 Å². The van der Waals surface area contributed by atoms with Gasteiger partial charge in [-0.1, -0.05) is 6.07 Å². The van der Waals surface area contributed by atoms with Crippen LogP contribution in [0.25, 0.3) is 10.2 Å². The SMILES string of the molecule is Cc1nc2ccc(NC(=O)C3=C(N)CCN(Cc4cccnc4)C3)cc2s1. The van der Waals surface area contributed by atoms with Crippen LogP contribution in [0.2, 0.25) is 0 Å². The number of thiazole rings is 1. The monoisotopic (exact) mass is 379 g/mol. The van der Waals surface area contributed by atoms with E-state index >= 15 is 0 Å². The van der Waals surface area contributed by atoms with Gasteiger partial charge in [-0.15, -0.1) is 11.3 Å². The second kappa shape index (κ2) is 7.46.